The summed E-state index contributed by atoms with van der Waals surface area (Å²) in [7, 11) is 0. The lowest BCUT2D eigenvalue weighted by atomic mass is 9.77. The van der Waals surface area contributed by atoms with Gasteiger partial charge in [0.2, 0.25) is 0 Å². The van der Waals surface area contributed by atoms with Crippen molar-refractivity contribution in [2.24, 2.45) is 5.92 Å². The summed E-state index contributed by atoms with van der Waals surface area (Å²) >= 11 is 5.83. The topological polar surface area (TPSA) is 74.3 Å². The van der Waals surface area contributed by atoms with Crippen molar-refractivity contribution in [3.05, 3.63) is 46.2 Å². The van der Waals surface area contributed by atoms with Gasteiger partial charge in [-0.2, -0.15) is 0 Å². The molecule has 0 spiro atoms. The summed E-state index contributed by atoms with van der Waals surface area (Å²) in [6.07, 6.45) is 0.250. The van der Waals surface area contributed by atoms with Crippen molar-refractivity contribution < 1.29 is 19.5 Å². The molecule has 4 nitrogen and oxygen atoms in total. The van der Waals surface area contributed by atoms with Gasteiger partial charge in [-0.05, 0) is 43.9 Å². The first-order valence-corrected chi connectivity index (χ1v) is 7.38. The van der Waals surface area contributed by atoms with Crippen LogP contribution >= 0.6 is 11.6 Å². The van der Waals surface area contributed by atoms with Gasteiger partial charge in [0.05, 0.1) is 0 Å². The quantitative estimate of drug-likeness (QED) is 0.797. The standard InChI is InChI=1S/C17H17ClO4/c1-9(19)16(10(2)20)17-14(21)7-12(8-15(17)22)11-3-5-13(18)6-4-11/h3-6,12,16,21H,7-8H2,1-2H3/p-1. The van der Waals surface area contributed by atoms with Gasteiger partial charge in [-0.3, -0.25) is 14.4 Å². The third-order valence-electron chi connectivity index (χ3n) is 3.91. The van der Waals surface area contributed by atoms with Gasteiger partial charge < -0.3 is 5.11 Å². The van der Waals surface area contributed by atoms with Crippen LogP contribution in [0.3, 0.4) is 0 Å². The van der Waals surface area contributed by atoms with E-state index in [1.165, 1.54) is 13.8 Å². The summed E-state index contributed by atoms with van der Waals surface area (Å²) in [6.45, 7) is 2.45. The average molecular weight is 320 g/mol. The molecule has 0 bridgehead atoms. The van der Waals surface area contributed by atoms with Crippen LogP contribution in [0.1, 0.15) is 38.2 Å². The first kappa shape index (κ1) is 16.4. The van der Waals surface area contributed by atoms with Gasteiger partial charge in [0.15, 0.2) is 5.78 Å². The fourth-order valence-electron chi connectivity index (χ4n) is 2.88. The van der Waals surface area contributed by atoms with Crippen LogP contribution in [0.2, 0.25) is 5.02 Å². The summed E-state index contributed by atoms with van der Waals surface area (Å²) in [4.78, 5) is 35.5. The zero-order valence-electron chi connectivity index (χ0n) is 12.4. The molecule has 2 rings (SSSR count). The number of Topliss-reactive ketones (excluding diaryl/α,β-unsaturated/α-hetero) is 3. The van der Waals surface area contributed by atoms with Crippen molar-refractivity contribution in [1.29, 1.82) is 0 Å². The van der Waals surface area contributed by atoms with Gasteiger partial charge in [0.1, 0.15) is 17.5 Å². The molecule has 1 aliphatic carbocycles. The molecule has 0 heterocycles. The van der Waals surface area contributed by atoms with Crippen molar-refractivity contribution in [2.75, 3.05) is 0 Å². The highest BCUT2D eigenvalue weighted by molar-refractivity contribution is 6.30. The third kappa shape index (κ3) is 3.28. The van der Waals surface area contributed by atoms with Crippen molar-refractivity contribution >= 4 is 29.0 Å². The molecule has 0 radical (unpaired) electrons. The number of halogens is 1. The van der Waals surface area contributed by atoms with Crippen molar-refractivity contribution in [3.63, 3.8) is 0 Å². The highest BCUT2D eigenvalue weighted by Crippen LogP contribution is 2.35. The molecular formula is C17H16ClO4-. The SMILES string of the molecule is CC(=O)C(C(C)=O)C1=C([O-])CC(c2ccc(Cl)cc2)CC1=O. The molecule has 1 aliphatic rings. The first-order valence-electron chi connectivity index (χ1n) is 7.01. The number of hydrogen-bond acceptors (Lipinski definition) is 4. The van der Waals surface area contributed by atoms with Crippen LogP contribution in [0.25, 0.3) is 0 Å². The Labute approximate surface area is 133 Å². The van der Waals surface area contributed by atoms with Crippen LogP contribution in [-0.4, -0.2) is 17.3 Å². The Bertz CT molecular complexity index is 644. The zero-order chi connectivity index (χ0) is 16.4. The van der Waals surface area contributed by atoms with E-state index in [9.17, 15) is 19.5 Å². The van der Waals surface area contributed by atoms with E-state index in [1.807, 2.05) is 0 Å². The zero-order valence-corrected chi connectivity index (χ0v) is 13.1. The summed E-state index contributed by atoms with van der Waals surface area (Å²) < 4.78 is 0. The van der Waals surface area contributed by atoms with Gasteiger partial charge in [-0.25, -0.2) is 0 Å². The maximum absolute atomic E-state index is 12.3. The van der Waals surface area contributed by atoms with Crippen LogP contribution in [0.5, 0.6) is 0 Å². The Kier molecular flexibility index (Phi) is 4.81. The van der Waals surface area contributed by atoms with E-state index < -0.39 is 29.0 Å². The minimum Gasteiger partial charge on any atom is -0.875 e. The maximum atomic E-state index is 12.3. The molecule has 22 heavy (non-hydrogen) atoms. The first-order chi connectivity index (χ1) is 10.3. The normalized spacial score (nSPS) is 18.7. The lowest BCUT2D eigenvalue weighted by Crippen LogP contribution is -2.34. The number of rotatable bonds is 4. The Balaban J connectivity index is 2.34. The average Bonchev–Trinajstić information content (AvgIpc) is 2.42. The van der Waals surface area contributed by atoms with Gasteiger partial charge in [-0.15, -0.1) is 5.76 Å². The van der Waals surface area contributed by atoms with E-state index in [0.717, 1.165) is 5.56 Å². The third-order valence-corrected chi connectivity index (χ3v) is 4.16. The molecule has 1 atom stereocenters. The minimum atomic E-state index is -1.22. The van der Waals surface area contributed by atoms with Crippen LogP contribution in [0, 0.1) is 5.92 Å². The second-order valence-corrected chi connectivity index (χ2v) is 6.01. The predicted molar refractivity (Wildman–Crippen MR) is 80.3 cm³/mol. The molecular weight excluding hydrogens is 304 g/mol. The molecule has 0 amide bonds. The molecule has 0 saturated heterocycles. The van der Waals surface area contributed by atoms with Gasteiger partial charge in [0.25, 0.3) is 0 Å². The van der Waals surface area contributed by atoms with Crippen molar-refractivity contribution in [3.8, 4) is 0 Å². The summed E-state index contributed by atoms with van der Waals surface area (Å²) in [5, 5.41) is 12.9. The van der Waals surface area contributed by atoms with Crippen LogP contribution < -0.4 is 5.11 Å². The Morgan fingerprint density at radius 3 is 2.14 bits per heavy atom. The number of benzene rings is 1. The van der Waals surface area contributed by atoms with Crippen LogP contribution in [-0.2, 0) is 14.4 Å². The van der Waals surface area contributed by atoms with E-state index in [4.69, 9.17) is 11.6 Å². The van der Waals surface area contributed by atoms with Gasteiger partial charge in [0, 0.05) is 17.0 Å². The predicted octanol–water partition coefficient (Wildman–Crippen LogP) is 2.20. The van der Waals surface area contributed by atoms with Gasteiger partial charge >= 0.3 is 0 Å². The number of carbonyl (C=O) groups excluding carboxylic acids is 3. The second kappa shape index (κ2) is 6.44. The number of ketones is 3. The maximum Gasteiger partial charge on any atom is 0.159 e. The van der Waals surface area contributed by atoms with E-state index in [-0.39, 0.29) is 24.3 Å². The van der Waals surface area contributed by atoms with E-state index >= 15 is 0 Å². The Morgan fingerprint density at radius 2 is 1.68 bits per heavy atom. The fourth-order valence-corrected chi connectivity index (χ4v) is 3.01. The molecule has 0 aromatic heterocycles. The molecule has 0 saturated carbocycles. The van der Waals surface area contributed by atoms with Crippen molar-refractivity contribution in [2.45, 2.75) is 32.6 Å². The van der Waals surface area contributed by atoms with E-state index in [2.05, 4.69) is 0 Å². The van der Waals surface area contributed by atoms with Gasteiger partial charge in [-0.1, -0.05) is 23.7 Å². The Hall–Kier alpha value is -1.94. The number of hydrogen-bond donors (Lipinski definition) is 0. The van der Waals surface area contributed by atoms with E-state index in [1.54, 1.807) is 24.3 Å². The lowest BCUT2D eigenvalue weighted by Gasteiger charge is -2.32. The lowest BCUT2D eigenvalue weighted by molar-refractivity contribution is -0.310. The molecule has 0 N–H and O–H groups in total. The highest BCUT2D eigenvalue weighted by Gasteiger charge is 2.34. The van der Waals surface area contributed by atoms with Crippen molar-refractivity contribution in [1.82, 2.24) is 0 Å². The monoisotopic (exact) mass is 319 g/mol. The number of allylic oxidation sites excluding steroid dienone is 2. The largest absolute Gasteiger partial charge is 0.875 e. The Morgan fingerprint density at radius 1 is 1.14 bits per heavy atom. The molecule has 5 heteroatoms. The summed E-state index contributed by atoms with van der Waals surface area (Å²) in [6, 6.07) is 6.98. The highest BCUT2D eigenvalue weighted by atomic mass is 35.5. The summed E-state index contributed by atoms with van der Waals surface area (Å²) in [5.41, 5.74) is 0.706. The van der Waals surface area contributed by atoms with Crippen LogP contribution in [0.15, 0.2) is 35.6 Å². The molecule has 0 aliphatic heterocycles. The molecule has 1 aromatic rings. The number of carbonyl (C=O) groups is 3. The molecule has 1 aromatic carbocycles. The minimum absolute atomic E-state index is 0.125. The smallest absolute Gasteiger partial charge is 0.159 e. The fraction of sp³-hybridized carbons (Fsp3) is 0.353. The molecule has 116 valence electrons. The van der Waals surface area contributed by atoms with E-state index in [0.29, 0.717) is 5.02 Å². The summed E-state index contributed by atoms with van der Waals surface area (Å²) in [5.74, 6) is -3.20. The second-order valence-electron chi connectivity index (χ2n) is 5.57. The molecule has 1 unspecified atom stereocenters. The molecule has 0 fully saturated rings. The van der Waals surface area contributed by atoms with Crippen LogP contribution in [0.4, 0.5) is 0 Å².